The van der Waals surface area contributed by atoms with Crippen molar-refractivity contribution >= 4 is 11.9 Å². The molecule has 0 aromatic heterocycles. The van der Waals surface area contributed by atoms with Crippen molar-refractivity contribution in [3.05, 3.63) is 0 Å². The highest BCUT2D eigenvalue weighted by Crippen LogP contribution is 2.34. The summed E-state index contributed by atoms with van der Waals surface area (Å²) in [7, 11) is 1.14. The number of hydrogen-bond donors (Lipinski definition) is 5. The molecule has 0 bridgehead atoms. The van der Waals surface area contributed by atoms with Gasteiger partial charge in [0.15, 0.2) is 0 Å². The quantitative estimate of drug-likeness (QED) is 0.192. The Bertz CT molecular complexity index is 532. The minimum Gasteiger partial charge on any atom is -0.465 e. The van der Waals surface area contributed by atoms with Gasteiger partial charge in [0.2, 0.25) is 5.91 Å². The van der Waals surface area contributed by atoms with E-state index < -0.39 is 54.7 Å². The summed E-state index contributed by atoms with van der Waals surface area (Å²) in [6.07, 6.45) is -0.452. The number of unbranched alkanes of at least 4 members (excludes halogenated alkanes) is 5. The van der Waals surface area contributed by atoms with Gasteiger partial charge in [0.1, 0.15) is 18.3 Å². The first-order valence-electron chi connectivity index (χ1n) is 10.5. The summed E-state index contributed by atoms with van der Waals surface area (Å²) < 4.78 is 16.3. The van der Waals surface area contributed by atoms with Crippen LogP contribution in [0.3, 0.4) is 0 Å². The van der Waals surface area contributed by atoms with E-state index in [0.717, 1.165) is 39.2 Å². The molecule has 0 unspecified atom stereocenters. The van der Waals surface area contributed by atoms with Crippen LogP contribution >= 0.6 is 0 Å². The second-order valence-electron chi connectivity index (χ2n) is 7.68. The number of rotatable bonds is 13. The summed E-state index contributed by atoms with van der Waals surface area (Å²) in [5.74, 6) is -3.41. The summed E-state index contributed by atoms with van der Waals surface area (Å²) in [6.45, 7) is 2.72. The number of aliphatic hydroxyl groups excluding tert-OH is 4. The third-order valence-electron chi connectivity index (χ3n) is 5.19. The van der Waals surface area contributed by atoms with E-state index >= 15 is 0 Å². The average Bonchev–Trinajstić information content (AvgIpc) is 2.72. The molecule has 1 fully saturated rings. The van der Waals surface area contributed by atoms with Gasteiger partial charge >= 0.3 is 5.97 Å². The Kier molecular flexibility index (Phi) is 11.7. The van der Waals surface area contributed by atoms with Gasteiger partial charge in [-0.3, -0.25) is 4.79 Å². The Morgan fingerprint density at radius 2 is 1.83 bits per heavy atom. The Morgan fingerprint density at radius 3 is 2.40 bits per heavy atom. The number of aliphatic hydroxyl groups is 4. The summed E-state index contributed by atoms with van der Waals surface area (Å²) in [4.78, 5) is 24.1. The lowest BCUT2D eigenvalue weighted by atomic mass is 9.88. The summed E-state index contributed by atoms with van der Waals surface area (Å²) in [5.41, 5.74) is 0. The van der Waals surface area contributed by atoms with Crippen molar-refractivity contribution in [3.8, 4) is 0 Å². The van der Waals surface area contributed by atoms with Crippen molar-refractivity contribution in [2.45, 2.75) is 95.0 Å². The fraction of sp³-hybridized carbons (Fsp3) is 0.900. The van der Waals surface area contributed by atoms with Gasteiger partial charge in [-0.15, -0.1) is 0 Å². The maximum atomic E-state index is 12.5. The highest BCUT2D eigenvalue weighted by atomic mass is 16.7. The number of methoxy groups -OCH3 is 1. The number of carbonyl (C=O) groups excluding carboxylic acids is 2. The molecule has 1 aliphatic heterocycles. The molecule has 10 heteroatoms. The summed E-state index contributed by atoms with van der Waals surface area (Å²) >= 11 is 0. The first kappa shape index (κ1) is 26.7. The standard InChI is InChI=1S/C20H37NO9/c1-4-5-6-7-8-9-10-29-20(19(27)28-3)11-14(24)16(21-13(2)23)18(30-20)17(26)15(25)12-22/h14-18,22,24-26H,4-12H2,1-3H3,(H,21,23)/t14-,15+,16+,17+,18+,20+/m0/s1. The zero-order valence-electron chi connectivity index (χ0n) is 18.1. The summed E-state index contributed by atoms with van der Waals surface area (Å²) in [6, 6.07) is -1.13. The lowest BCUT2D eigenvalue weighted by Crippen LogP contribution is -2.68. The van der Waals surface area contributed by atoms with Crippen LogP contribution in [0.5, 0.6) is 0 Å². The zero-order valence-corrected chi connectivity index (χ0v) is 18.1. The topological polar surface area (TPSA) is 155 Å². The SMILES string of the molecule is CCCCCCCCO[C@]1(C(=O)OC)C[C@H](O)[C@@H](NC(C)=O)[C@H]([C@H](O)[C@H](O)CO)O1. The molecule has 0 aromatic carbocycles. The molecule has 10 nitrogen and oxygen atoms in total. The Balaban J connectivity index is 2.97. The monoisotopic (exact) mass is 435 g/mol. The molecule has 176 valence electrons. The third-order valence-corrected chi connectivity index (χ3v) is 5.19. The molecular formula is C20H37NO9. The largest absolute Gasteiger partial charge is 0.465 e. The van der Waals surface area contributed by atoms with Crippen molar-refractivity contribution in [1.29, 1.82) is 0 Å². The van der Waals surface area contributed by atoms with Gasteiger partial charge in [0.25, 0.3) is 5.79 Å². The predicted octanol–water partition coefficient (Wildman–Crippen LogP) is -0.399. The molecule has 6 atom stereocenters. The summed E-state index contributed by atoms with van der Waals surface area (Å²) in [5, 5.41) is 42.6. The highest BCUT2D eigenvalue weighted by molar-refractivity contribution is 5.78. The number of nitrogens with one attached hydrogen (secondary N) is 1. The molecule has 30 heavy (non-hydrogen) atoms. The van der Waals surface area contributed by atoms with E-state index in [-0.39, 0.29) is 13.0 Å². The predicted molar refractivity (Wildman–Crippen MR) is 106 cm³/mol. The van der Waals surface area contributed by atoms with E-state index in [0.29, 0.717) is 6.42 Å². The molecule has 0 aliphatic carbocycles. The van der Waals surface area contributed by atoms with E-state index in [4.69, 9.17) is 14.2 Å². The van der Waals surface area contributed by atoms with E-state index in [1.807, 2.05) is 0 Å². The normalized spacial score (nSPS) is 28.6. The van der Waals surface area contributed by atoms with Crippen molar-refractivity contribution in [1.82, 2.24) is 5.32 Å². The molecule has 0 aromatic rings. The molecule has 0 saturated carbocycles. The van der Waals surface area contributed by atoms with Crippen molar-refractivity contribution < 1.29 is 44.2 Å². The van der Waals surface area contributed by atoms with Crippen molar-refractivity contribution in [2.24, 2.45) is 0 Å². The molecule has 1 rings (SSSR count). The lowest BCUT2D eigenvalue weighted by Gasteiger charge is -2.46. The molecular weight excluding hydrogens is 398 g/mol. The van der Waals surface area contributed by atoms with Crippen LogP contribution in [0.4, 0.5) is 0 Å². The first-order chi connectivity index (χ1) is 14.2. The third kappa shape index (κ3) is 7.44. The van der Waals surface area contributed by atoms with Crippen LogP contribution < -0.4 is 5.32 Å². The fourth-order valence-electron chi connectivity index (χ4n) is 3.54. The Hall–Kier alpha value is -1.30. The second-order valence-corrected chi connectivity index (χ2v) is 7.68. The average molecular weight is 436 g/mol. The Morgan fingerprint density at radius 1 is 1.20 bits per heavy atom. The maximum absolute atomic E-state index is 12.5. The number of esters is 1. The van der Waals surface area contributed by atoms with Gasteiger partial charge in [-0.1, -0.05) is 39.0 Å². The van der Waals surface area contributed by atoms with Gasteiger partial charge in [-0.05, 0) is 6.42 Å². The number of carbonyl (C=O) groups is 2. The van der Waals surface area contributed by atoms with E-state index in [1.165, 1.54) is 6.92 Å². The molecule has 1 saturated heterocycles. The van der Waals surface area contributed by atoms with Crippen molar-refractivity contribution in [2.75, 3.05) is 20.3 Å². The van der Waals surface area contributed by atoms with E-state index in [1.54, 1.807) is 0 Å². The molecule has 1 aliphatic rings. The minimum absolute atomic E-state index is 0.157. The van der Waals surface area contributed by atoms with Gasteiger partial charge in [0.05, 0.1) is 32.5 Å². The molecule has 0 radical (unpaired) electrons. The first-order valence-corrected chi connectivity index (χ1v) is 10.5. The van der Waals surface area contributed by atoms with Crippen LogP contribution in [0.25, 0.3) is 0 Å². The van der Waals surface area contributed by atoms with E-state index in [9.17, 15) is 30.0 Å². The van der Waals surface area contributed by atoms with Gasteiger partial charge in [0, 0.05) is 13.3 Å². The van der Waals surface area contributed by atoms with E-state index in [2.05, 4.69) is 12.2 Å². The smallest absolute Gasteiger partial charge is 0.366 e. The van der Waals surface area contributed by atoms with Gasteiger partial charge in [-0.2, -0.15) is 0 Å². The molecule has 1 amide bonds. The van der Waals surface area contributed by atoms with Crippen LogP contribution in [0.2, 0.25) is 0 Å². The van der Waals surface area contributed by atoms with Crippen molar-refractivity contribution in [3.63, 3.8) is 0 Å². The molecule has 5 N–H and O–H groups in total. The minimum atomic E-state index is -2.01. The fourth-order valence-corrected chi connectivity index (χ4v) is 3.54. The van der Waals surface area contributed by atoms with Crippen LogP contribution in [-0.2, 0) is 23.8 Å². The van der Waals surface area contributed by atoms with Gasteiger partial charge < -0.3 is 40.0 Å². The zero-order chi connectivity index (χ0) is 22.7. The number of hydrogen-bond acceptors (Lipinski definition) is 9. The van der Waals surface area contributed by atoms with Crippen LogP contribution in [-0.4, -0.2) is 88.9 Å². The maximum Gasteiger partial charge on any atom is 0.366 e. The molecule has 0 spiro atoms. The van der Waals surface area contributed by atoms with Crippen LogP contribution in [0.1, 0.15) is 58.8 Å². The molecule has 1 heterocycles. The Labute approximate surface area is 177 Å². The lowest BCUT2D eigenvalue weighted by molar-refractivity contribution is -0.312. The number of amides is 1. The van der Waals surface area contributed by atoms with Crippen LogP contribution in [0.15, 0.2) is 0 Å². The second kappa shape index (κ2) is 13.2. The highest BCUT2D eigenvalue weighted by Gasteiger charge is 2.56. The number of ether oxygens (including phenoxy) is 3. The van der Waals surface area contributed by atoms with Gasteiger partial charge in [-0.25, -0.2) is 4.79 Å². The van der Waals surface area contributed by atoms with Crippen LogP contribution in [0, 0.1) is 0 Å².